The summed E-state index contributed by atoms with van der Waals surface area (Å²) in [5, 5.41) is 12.1. The van der Waals surface area contributed by atoms with Crippen molar-refractivity contribution in [2.45, 2.75) is 19.9 Å². The van der Waals surface area contributed by atoms with Crippen LogP contribution in [0.25, 0.3) is 0 Å². The molecule has 1 rings (SSSR count). The van der Waals surface area contributed by atoms with Gasteiger partial charge in [-0.2, -0.15) is 0 Å². The number of amides is 2. The van der Waals surface area contributed by atoms with Crippen molar-refractivity contribution in [3.63, 3.8) is 0 Å². The molecule has 0 fully saturated rings. The zero-order valence-electron chi connectivity index (χ0n) is 10.4. The van der Waals surface area contributed by atoms with E-state index < -0.39 is 0 Å². The lowest BCUT2D eigenvalue weighted by molar-refractivity contribution is 0.177. The molecule has 0 aliphatic carbocycles. The maximum Gasteiger partial charge on any atom is 0.317 e. The maximum absolute atomic E-state index is 11.8. The first-order valence-electron chi connectivity index (χ1n) is 5.91. The summed E-state index contributed by atoms with van der Waals surface area (Å²) in [4.78, 5) is 17.3. The van der Waals surface area contributed by atoms with Gasteiger partial charge < -0.3 is 15.3 Å². The van der Waals surface area contributed by atoms with E-state index >= 15 is 0 Å². The summed E-state index contributed by atoms with van der Waals surface area (Å²) in [6.45, 7) is 3.33. The Morgan fingerprint density at radius 1 is 1.50 bits per heavy atom. The van der Waals surface area contributed by atoms with Crippen molar-refractivity contribution in [2.24, 2.45) is 0 Å². The molecular formula is C12H18ClN3O2. The number of nitrogens with zero attached hydrogens (tertiary/aromatic N) is 2. The van der Waals surface area contributed by atoms with E-state index in [2.05, 4.69) is 10.3 Å². The number of hydrogen-bond donors (Lipinski definition) is 2. The molecule has 0 aromatic carbocycles. The van der Waals surface area contributed by atoms with Gasteiger partial charge in [-0.05, 0) is 18.1 Å². The number of aromatic nitrogens is 1. The lowest BCUT2D eigenvalue weighted by atomic mass is 10.3. The van der Waals surface area contributed by atoms with Crippen LogP contribution in [0.15, 0.2) is 18.3 Å². The number of rotatable bonds is 6. The summed E-state index contributed by atoms with van der Waals surface area (Å²) in [6.07, 6.45) is 2.48. The Kier molecular flexibility index (Phi) is 6.46. The Bertz CT molecular complexity index is 364. The smallest absolute Gasteiger partial charge is 0.317 e. The van der Waals surface area contributed by atoms with E-state index in [1.807, 2.05) is 13.0 Å². The number of hydrogen-bond acceptors (Lipinski definition) is 3. The van der Waals surface area contributed by atoms with Gasteiger partial charge in [0.1, 0.15) is 5.15 Å². The van der Waals surface area contributed by atoms with Gasteiger partial charge in [-0.1, -0.05) is 24.6 Å². The molecule has 0 saturated heterocycles. The molecule has 1 heterocycles. The van der Waals surface area contributed by atoms with Gasteiger partial charge in [0.2, 0.25) is 0 Å². The predicted octanol–water partition coefficient (Wildman–Crippen LogP) is 1.65. The van der Waals surface area contributed by atoms with Crippen LogP contribution in [0.2, 0.25) is 5.15 Å². The molecule has 2 amide bonds. The monoisotopic (exact) mass is 271 g/mol. The van der Waals surface area contributed by atoms with Crippen molar-refractivity contribution in [1.82, 2.24) is 15.2 Å². The van der Waals surface area contributed by atoms with Crippen LogP contribution in [0, 0.1) is 0 Å². The minimum Gasteiger partial charge on any atom is -0.395 e. The van der Waals surface area contributed by atoms with Gasteiger partial charge in [-0.25, -0.2) is 9.78 Å². The SMILES string of the molecule is CCCN(CCO)C(=O)NCc1ccc(Cl)nc1. The number of aliphatic hydroxyl groups is 1. The Hall–Kier alpha value is -1.33. The molecule has 6 heteroatoms. The second-order valence-corrected chi connectivity index (χ2v) is 4.25. The fourth-order valence-corrected chi connectivity index (χ4v) is 1.62. The first-order valence-corrected chi connectivity index (χ1v) is 6.29. The fourth-order valence-electron chi connectivity index (χ4n) is 1.51. The second-order valence-electron chi connectivity index (χ2n) is 3.86. The molecule has 100 valence electrons. The number of carbonyl (C=O) groups excluding carboxylic acids is 1. The van der Waals surface area contributed by atoms with E-state index in [1.165, 1.54) is 0 Å². The third-order valence-corrected chi connectivity index (χ3v) is 2.61. The van der Waals surface area contributed by atoms with Crippen molar-refractivity contribution in [3.05, 3.63) is 29.0 Å². The molecule has 0 spiro atoms. The number of pyridine rings is 1. The number of urea groups is 1. The molecule has 0 radical (unpaired) electrons. The van der Waals surface area contributed by atoms with Crippen molar-refractivity contribution < 1.29 is 9.90 Å². The van der Waals surface area contributed by atoms with E-state index in [9.17, 15) is 4.79 Å². The third-order valence-electron chi connectivity index (χ3n) is 2.38. The summed E-state index contributed by atoms with van der Waals surface area (Å²) in [6, 6.07) is 3.31. The molecule has 0 aliphatic heterocycles. The largest absolute Gasteiger partial charge is 0.395 e. The van der Waals surface area contributed by atoms with Crippen molar-refractivity contribution >= 4 is 17.6 Å². The van der Waals surface area contributed by atoms with Crippen LogP contribution in [-0.4, -0.2) is 40.7 Å². The molecule has 18 heavy (non-hydrogen) atoms. The minimum atomic E-state index is -0.180. The van der Waals surface area contributed by atoms with Gasteiger partial charge in [0.05, 0.1) is 6.61 Å². The average molecular weight is 272 g/mol. The van der Waals surface area contributed by atoms with E-state index in [0.29, 0.717) is 24.8 Å². The quantitative estimate of drug-likeness (QED) is 0.773. The van der Waals surface area contributed by atoms with Gasteiger partial charge in [-0.15, -0.1) is 0 Å². The molecule has 0 saturated carbocycles. The Morgan fingerprint density at radius 2 is 2.28 bits per heavy atom. The van der Waals surface area contributed by atoms with Crippen molar-refractivity contribution in [3.8, 4) is 0 Å². The number of nitrogens with one attached hydrogen (secondary N) is 1. The number of halogens is 1. The van der Waals surface area contributed by atoms with Crippen molar-refractivity contribution in [2.75, 3.05) is 19.7 Å². The van der Waals surface area contributed by atoms with E-state index in [0.717, 1.165) is 12.0 Å². The molecular weight excluding hydrogens is 254 g/mol. The number of carbonyl (C=O) groups is 1. The molecule has 1 aromatic rings. The molecule has 0 bridgehead atoms. The lowest BCUT2D eigenvalue weighted by Gasteiger charge is -2.21. The normalized spacial score (nSPS) is 10.2. The highest BCUT2D eigenvalue weighted by molar-refractivity contribution is 6.29. The van der Waals surface area contributed by atoms with Crippen molar-refractivity contribution in [1.29, 1.82) is 0 Å². The Balaban J connectivity index is 2.45. The van der Waals surface area contributed by atoms with Crippen LogP contribution in [-0.2, 0) is 6.54 Å². The zero-order chi connectivity index (χ0) is 13.4. The highest BCUT2D eigenvalue weighted by atomic mass is 35.5. The van der Waals surface area contributed by atoms with Crippen LogP contribution in [0.4, 0.5) is 4.79 Å². The topological polar surface area (TPSA) is 65.5 Å². The van der Waals surface area contributed by atoms with Crippen LogP contribution in [0.3, 0.4) is 0 Å². The molecule has 1 aromatic heterocycles. The standard InChI is InChI=1S/C12H18ClN3O2/c1-2-5-16(6-7-17)12(18)15-9-10-3-4-11(13)14-8-10/h3-4,8,17H,2,5-7,9H2,1H3,(H,15,18). The highest BCUT2D eigenvalue weighted by Gasteiger charge is 2.10. The predicted molar refractivity (Wildman–Crippen MR) is 70.4 cm³/mol. The molecule has 0 aliphatic rings. The third kappa shape index (κ3) is 4.89. The van der Waals surface area contributed by atoms with E-state index in [4.69, 9.17) is 16.7 Å². The maximum atomic E-state index is 11.8. The summed E-state index contributed by atoms with van der Waals surface area (Å²) in [5.74, 6) is 0. The zero-order valence-corrected chi connectivity index (χ0v) is 11.2. The molecule has 0 atom stereocenters. The first-order chi connectivity index (χ1) is 8.67. The van der Waals surface area contributed by atoms with Crippen LogP contribution < -0.4 is 5.32 Å². The van der Waals surface area contributed by atoms with E-state index in [-0.39, 0.29) is 12.6 Å². The van der Waals surface area contributed by atoms with E-state index in [1.54, 1.807) is 17.2 Å². The summed E-state index contributed by atoms with van der Waals surface area (Å²) < 4.78 is 0. The van der Waals surface area contributed by atoms with Crippen LogP contribution in [0.5, 0.6) is 0 Å². The summed E-state index contributed by atoms with van der Waals surface area (Å²) in [7, 11) is 0. The van der Waals surface area contributed by atoms with Gasteiger partial charge in [-0.3, -0.25) is 0 Å². The van der Waals surface area contributed by atoms with Crippen LogP contribution in [0.1, 0.15) is 18.9 Å². The second kappa shape index (κ2) is 7.89. The van der Waals surface area contributed by atoms with Gasteiger partial charge in [0, 0.05) is 25.8 Å². The summed E-state index contributed by atoms with van der Waals surface area (Å²) >= 11 is 5.67. The molecule has 0 unspecified atom stereocenters. The summed E-state index contributed by atoms with van der Waals surface area (Å²) in [5.41, 5.74) is 0.883. The van der Waals surface area contributed by atoms with Gasteiger partial charge in [0.25, 0.3) is 0 Å². The minimum absolute atomic E-state index is 0.0318. The highest BCUT2D eigenvalue weighted by Crippen LogP contribution is 2.05. The lowest BCUT2D eigenvalue weighted by Crippen LogP contribution is -2.41. The van der Waals surface area contributed by atoms with Crippen LogP contribution >= 0.6 is 11.6 Å². The molecule has 2 N–H and O–H groups in total. The fraction of sp³-hybridized carbons (Fsp3) is 0.500. The Morgan fingerprint density at radius 3 is 2.83 bits per heavy atom. The molecule has 5 nitrogen and oxygen atoms in total. The van der Waals surface area contributed by atoms with Gasteiger partial charge in [0.15, 0.2) is 0 Å². The van der Waals surface area contributed by atoms with Gasteiger partial charge >= 0.3 is 6.03 Å². The number of aliphatic hydroxyl groups excluding tert-OH is 1. The Labute approximate surface area is 112 Å². The first kappa shape index (κ1) is 14.7. The average Bonchev–Trinajstić information content (AvgIpc) is 2.37.